The molecule has 0 spiro atoms. The van der Waals surface area contributed by atoms with Gasteiger partial charge in [-0.1, -0.05) is 15.9 Å². The summed E-state index contributed by atoms with van der Waals surface area (Å²) in [5.74, 6) is -3.18. The first-order chi connectivity index (χ1) is 24.6. The van der Waals surface area contributed by atoms with Gasteiger partial charge in [-0.15, -0.1) is 0 Å². The van der Waals surface area contributed by atoms with Gasteiger partial charge in [-0.25, -0.2) is 22.8 Å². The molecule has 0 amide bonds. The highest BCUT2D eigenvalue weighted by molar-refractivity contribution is 9.93. The van der Waals surface area contributed by atoms with Crippen LogP contribution in [0.25, 0.3) is 21.9 Å². The van der Waals surface area contributed by atoms with Crippen molar-refractivity contribution < 1.29 is 55.8 Å². The van der Waals surface area contributed by atoms with Crippen molar-refractivity contribution in [3.8, 4) is 5.75 Å². The Labute approximate surface area is 316 Å². The first kappa shape index (κ1) is 45.3. The van der Waals surface area contributed by atoms with Gasteiger partial charge in [-0.2, -0.15) is 0 Å². The number of rotatable bonds is 7. The lowest BCUT2D eigenvalue weighted by Gasteiger charge is -1.99. The molecule has 0 atom stereocenters. The number of carbonyl (C=O) groups is 5. The topological polar surface area (TPSA) is 175 Å². The van der Waals surface area contributed by atoms with E-state index >= 15 is 0 Å². The van der Waals surface area contributed by atoms with Crippen molar-refractivity contribution in [2.45, 2.75) is 27.2 Å². The van der Waals surface area contributed by atoms with Gasteiger partial charge in [0.1, 0.15) is 57.7 Å². The van der Waals surface area contributed by atoms with Crippen LogP contribution in [0.4, 0.5) is 13.2 Å². The van der Waals surface area contributed by atoms with Crippen molar-refractivity contribution in [1.82, 2.24) is 0 Å². The van der Waals surface area contributed by atoms with Crippen molar-refractivity contribution in [3.05, 3.63) is 122 Å². The Balaban J connectivity index is 0.000000351. The first-order valence-corrected chi connectivity index (χ1v) is 19.2. The fourth-order valence-corrected chi connectivity index (χ4v) is 4.02. The van der Waals surface area contributed by atoms with E-state index in [0.717, 1.165) is 24.3 Å². The molecule has 0 fully saturated rings. The number of phenols is 1. The maximum Gasteiger partial charge on any atom is 0.347 e. The second-order valence-electron chi connectivity index (χ2n) is 9.88. The van der Waals surface area contributed by atoms with Crippen LogP contribution in [0.1, 0.15) is 58.3 Å². The van der Waals surface area contributed by atoms with Gasteiger partial charge < -0.3 is 18.7 Å². The number of fused-ring (bicyclic) bond motifs is 2. The smallest absolute Gasteiger partial charge is 0.347 e. The first-order valence-electron chi connectivity index (χ1n) is 14.4. The number of halogens is 6. The molecule has 5 aromatic rings. The molecule has 2 heterocycles. The van der Waals surface area contributed by atoms with Gasteiger partial charge >= 0.3 is 17.2 Å². The lowest BCUT2D eigenvalue weighted by molar-refractivity contribution is -0.145. The predicted octanol–water partition coefficient (Wildman–Crippen LogP) is 8.21. The Morgan fingerprint density at radius 2 is 1.23 bits per heavy atom. The van der Waals surface area contributed by atoms with Crippen molar-refractivity contribution in [2.24, 2.45) is 0 Å². The summed E-state index contributed by atoms with van der Waals surface area (Å²) in [6.07, 6.45) is 0.364. The SMILES string of the molecule is BrBr.CC(=O)c1cc2ccc(F)cc2oc1=O.CCOC(=O)CC(C)=O.O=C(CBr)c1cc2ccc(F)cc2oc1=O.O=Cc1ccc(F)cc1O. The number of hydrogen-bond acceptors (Lipinski definition) is 11. The lowest BCUT2D eigenvalue weighted by Crippen LogP contribution is -2.14. The van der Waals surface area contributed by atoms with Gasteiger partial charge in [-0.05, 0) is 69.3 Å². The standard InChI is InChI=1S/C11H6BrFO3.C11H7FO3.C7H5FO2.C6H10O3.Br2/c12-5-9(14)8-3-6-1-2-7(13)4-10(6)16-11(8)15;1-6(13)9-4-7-2-3-8(12)5-10(7)15-11(9)14;8-6-2-1-5(4-9)7(10)3-6;1-3-9-6(8)4-5(2)7;1-2/h1-4H,5H2;2-5H,1H3;1-4,10H;3-4H2,1-2H3;. The number of aromatic hydroxyl groups is 1. The summed E-state index contributed by atoms with van der Waals surface area (Å²) in [5.41, 5.74) is -1.16. The van der Waals surface area contributed by atoms with Crippen molar-refractivity contribution in [3.63, 3.8) is 0 Å². The van der Waals surface area contributed by atoms with Crippen LogP contribution in [0.2, 0.25) is 0 Å². The van der Waals surface area contributed by atoms with E-state index in [4.69, 9.17) is 13.9 Å². The summed E-state index contributed by atoms with van der Waals surface area (Å²) in [7, 11) is 0. The van der Waals surface area contributed by atoms with Crippen molar-refractivity contribution in [2.75, 3.05) is 11.9 Å². The number of benzene rings is 3. The Bertz CT molecular complexity index is 2170. The van der Waals surface area contributed by atoms with Crippen LogP contribution in [0, 0.1) is 17.5 Å². The number of carbonyl (C=O) groups excluding carboxylic acids is 5. The van der Waals surface area contributed by atoms with E-state index in [9.17, 15) is 46.7 Å². The fraction of sp³-hybridized carbons (Fsp3) is 0.171. The van der Waals surface area contributed by atoms with Crippen LogP contribution in [-0.4, -0.2) is 46.6 Å². The van der Waals surface area contributed by atoms with E-state index in [1.807, 2.05) is 0 Å². The molecule has 0 aliphatic rings. The van der Waals surface area contributed by atoms with Crippen LogP contribution in [0.3, 0.4) is 0 Å². The van der Waals surface area contributed by atoms with Gasteiger partial charge in [-0.3, -0.25) is 24.0 Å². The Kier molecular flexibility index (Phi) is 20.0. The molecule has 0 unspecified atom stereocenters. The molecule has 0 aliphatic heterocycles. The zero-order chi connectivity index (χ0) is 39.5. The van der Waals surface area contributed by atoms with Gasteiger partial charge in [0.15, 0.2) is 17.9 Å². The summed E-state index contributed by atoms with van der Waals surface area (Å²) in [4.78, 5) is 75.8. The molecule has 52 heavy (non-hydrogen) atoms. The summed E-state index contributed by atoms with van der Waals surface area (Å²) in [5, 5.41) is 9.91. The number of alkyl halides is 1. The highest BCUT2D eigenvalue weighted by Gasteiger charge is 2.13. The van der Waals surface area contributed by atoms with E-state index in [1.165, 1.54) is 56.3 Å². The second kappa shape index (κ2) is 22.9. The molecule has 0 bridgehead atoms. The molecule has 0 aliphatic carbocycles. The number of ketones is 3. The quantitative estimate of drug-likeness (QED) is 0.0416. The number of esters is 1. The molecule has 11 nitrogen and oxygen atoms in total. The minimum absolute atomic E-state index is 0.0193. The lowest BCUT2D eigenvalue weighted by atomic mass is 10.1. The zero-order valence-corrected chi connectivity index (χ0v) is 32.1. The molecular weight excluding hydrogens is 893 g/mol. The minimum atomic E-state index is -0.748. The third kappa shape index (κ3) is 14.9. The fourth-order valence-electron chi connectivity index (χ4n) is 3.71. The molecule has 0 saturated heterocycles. The van der Waals surface area contributed by atoms with Crippen LogP contribution >= 0.6 is 44.2 Å². The van der Waals surface area contributed by atoms with Crippen LogP contribution in [0.5, 0.6) is 5.75 Å². The molecular formula is C35H28Br3F3O11. The van der Waals surface area contributed by atoms with Crippen molar-refractivity contribution >= 4 is 95.7 Å². The molecule has 1 N–H and O–H groups in total. The van der Waals surface area contributed by atoms with Gasteiger partial charge in [0, 0.05) is 57.2 Å². The molecule has 0 saturated carbocycles. The third-order valence-corrected chi connectivity index (χ3v) is 6.52. The monoisotopic (exact) mass is 918 g/mol. The highest BCUT2D eigenvalue weighted by Crippen LogP contribution is 2.17. The average molecular weight is 921 g/mol. The minimum Gasteiger partial charge on any atom is -0.507 e. The number of hydrogen-bond donors (Lipinski definition) is 1. The van der Waals surface area contributed by atoms with E-state index < -0.39 is 34.7 Å². The van der Waals surface area contributed by atoms with Gasteiger partial charge in [0.05, 0.1) is 17.5 Å². The van der Waals surface area contributed by atoms with E-state index in [-0.39, 0.29) is 62.7 Å². The van der Waals surface area contributed by atoms with E-state index in [2.05, 4.69) is 48.9 Å². The normalized spacial score (nSPS) is 9.71. The van der Waals surface area contributed by atoms with E-state index in [0.29, 0.717) is 23.7 Å². The number of aldehydes is 1. The molecule has 5 rings (SSSR count). The maximum atomic E-state index is 12.9. The summed E-state index contributed by atoms with van der Waals surface area (Å²) >= 11 is 8.47. The average Bonchev–Trinajstić information content (AvgIpc) is 3.08. The Morgan fingerprint density at radius 1 is 0.769 bits per heavy atom. The predicted molar refractivity (Wildman–Crippen MR) is 196 cm³/mol. The largest absolute Gasteiger partial charge is 0.507 e. The molecule has 0 radical (unpaired) electrons. The zero-order valence-electron chi connectivity index (χ0n) is 27.3. The summed E-state index contributed by atoms with van der Waals surface area (Å²) in [6.45, 7) is 4.68. The molecule has 17 heteroatoms. The number of ether oxygens (including phenoxy) is 1. The van der Waals surface area contributed by atoms with Crippen LogP contribution < -0.4 is 11.3 Å². The molecule has 276 valence electrons. The molecule has 3 aromatic carbocycles. The maximum absolute atomic E-state index is 12.9. The van der Waals surface area contributed by atoms with Crippen LogP contribution in [0.15, 0.2) is 85.2 Å². The second-order valence-corrected chi connectivity index (χ2v) is 10.4. The summed E-state index contributed by atoms with van der Waals surface area (Å²) in [6, 6.07) is 13.7. The van der Waals surface area contributed by atoms with Crippen LogP contribution in [-0.2, 0) is 14.3 Å². The highest BCUT2D eigenvalue weighted by atomic mass is 80.9. The summed E-state index contributed by atoms with van der Waals surface area (Å²) < 4.78 is 52.0. The molecule has 2 aromatic heterocycles. The Hall–Kier alpha value is -4.74. The van der Waals surface area contributed by atoms with Gasteiger partial charge in [0.25, 0.3) is 0 Å². The third-order valence-electron chi connectivity index (χ3n) is 6.02. The number of Topliss-reactive ketones (excluding diaryl/α,β-unsaturated/α-hetero) is 3. The Morgan fingerprint density at radius 3 is 1.65 bits per heavy atom. The van der Waals surface area contributed by atoms with Crippen molar-refractivity contribution in [1.29, 1.82) is 0 Å². The number of phenolic OH excluding ortho intramolecular Hbond substituents is 1. The van der Waals surface area contributed by atoms with Gasteiger partial charge in [0.2, 0.25) is 0 Å². The van der Waals surface area contributed by atoms with E-state index in [1.54, 1.807) is 6.92 Å².